The van der Waals surface area contributed by atoms with Crippen LogP contribution in [0, 0.1) is 5.82 Å². The van der Waals surface area contributed by atoms with Crippen LogP contribution < -0.4 is 0 Å². The van der Waals surface area contributed by atoms with E-state index in [-0.39, 0.29) is 23.6 Å². The molecule has 1 heterocycles. The number of H-pyrrole nitrogens is 1. The van der Waals surface area contributed by atoms with Crippen LogP contribution in [-0.4, -0.2) is 23.3 Å². The fourth-order valence-electron chi connectivity index (χ4n) is 3.40. The van der Waals surface area contributed by atoms with E-state index < -0.39 is 11.8 Å². The second-order valence-corrected chi connectivity index (χ2v) is 7.53. The lowest BCUT2D eigenvalue weighted by atomic mass is 10.0. The van der Waals surface area contributed by atoms with Gasteiger partial charge in [0, 0.05) is 12.6 Å². The summed E-state index contributed by atoms with van der Waals surface area (Å²) in [5, 5.41) is 0. The summed E-state index contributed by atoms with van der Waals surface area (Å²) in [6.07, 6.45) is 17.7. The van der Waals surface area contributed by atoms with Crippen molar-refractivity contribution < 1.29 is 18.7 Å². The first-order valence-corrected chi connectivity index (χ1v) is 11.2. The van der Waals surface area contributed by atoms with Gasteiger partial charge in [-0.25, -0.2) is 9.18 Å². The monoisotopic (exact) mass is 395 g/mol. The normalized spacial score (nSPS) is 11.0. The third-order valence-electron chi connectivity index (χ3n) is 5.10. The molecule has 0 spiro atoms. The van der Waals surface area contributed by atoms with Gasteiger partial charge in [-0.3, -0.25) is 4.79 Å². The van der Waals surface area contributed by atoms with E-state index in [1.165, 1.54) is 70.4 Å². The van der Waals surface area contributed by atoms with Crippen LogP contribution in [0.15, 0.2) is 6.20 Å². The molecule has 0 saturated carbocycles. The lowest BCUT2D eigenvalue weighted by molar-refractivity contribution is 0.0515. The molecule has 0 atom stereocenters. The first-order chi connectivity index (χ1) is 13.6. The summed E-state index contributed by atoms with van der Waals surface area (Å²) in [5.74, 6) is -1.81. The van der Waals surface area contributed by atoms with Gasteiger partial charge in [0.25, 0.3) is 0 Å². The molecule has 0 amide bonds. The molecular weight excluding hydrogens is 357 g/mol. The van der Waals surface area contributed by atoms with Crippen molar-refractivity contribution >= 4 is 11.8 Å². The largest absolute Gasteiger partial charge is 0.461 e. The highest BCUT2D eigenvalue weighted by molar-refractivity contribution is 5.99. The molecule has 0 radical (unpaired) electrons. The molecule has 1 rings (SSSR count). The van der Waals surface area contributed by atoms with Crippen LogP contribution in [0.2, 0.25) is 0 Å². The number of ketones is 1. The van der Waals surface area contributed by atoms with Crippen LogP contribution in [0.1, 0.15) is 125 Å². The van der Waals surface area contributed by atoms with Gasteiger partial charge in [0.1, 0.15) is 0 Å². The van der Waals surface area contributed by atoms with Crippen LogP contribution in [-0.2, 0) is 4.74 Å². The molecule has 0 saturated heterocycles. The van der Waals surface area contributed by atoms with Gasteiger partial charge < -0.3 is 9.72 Å². The number of nitrogens with one attached hydrogen (secondary N) is 1. The minimum atomic E-state index is -0.793. The van der Waals surface area contributed by atoms with Crippen molar-refractivity contribution in [3.63, 3.8) is 0 Å². The maximum Gasteiger partial charge on any atom is 0.357 e. The smallest absolute Gasteiger partial charge is 0.357 e. The number of aromatic nitrogens is 1. The number of rotatable bonds is 17. The van der Waals surface area contributed by atoms with E-state index in [1.54, 1.807) is 6.92 Å². The Bertz CT molecular complexity index is 568. The average Bonchev–Trinajstić information content (AvgIpc) is 3.07. The molecule has 1 aromatic rings. The Labute approximate surface area is 169 Å². The Morgan fingerprint density at radius 2 is 1.36 bits per heavy atom. The SMILES string of the molecule is CCCCCCCCCCCCCCCC(=O)c1c[nH]c(C(=O)OCC)c1F. The van der Waals surface area contributed by atoms with Crippen molar-refractivity contribution in [2.45, 2.75) is 104 Å². The fourth-order valence-corrected chi connectivity index (χ4v) is 3.40. The maximum atomic E-state index is 14.2. The number of ether oxygens (including phenoxy) is 1. The lowest BCUT2D eigenvalue weighted by Crippen LogP contribution is -2.08. The molecule has 0 aliphatic rings. The van der Waals surface area contributed by atoms with Crippen LogP contribution in [0.25, 0.3) is 0 Å². The van der Waals surface area contributed by atoms with Crippen molar-refractivity contribution in [1.82, 2.24) is 4.98 Å². The predicted molar refractivity (Wildman–Crippen MR) is 111 cm³/mol. The number of unbranched alkanes of at least 4 members (excludes halogenated alkanes) is 12. The number of carbonyl (C=O) groups excluding carboxylic acids is 2. The Balaban J connectivity index is 2.06. The van der Waals surface area contributed by atoms with Gasteiger partial charge in [-0.15, -0.1) is 0 Å². The third kappa shape index (κ3) is 9.52. The molecule has 0 aromatic carbocycles. The topological polar surface area (TPSA) is 59.2 Å². The molecule has 1 N–H and O–H groups in total. The molecule has 4 nitrogen and oxygen atoms in total. The zero-order valence-corrected chi connectivity index (χ0v) is 17.8. The van der Waals surface area contributed by atoms with E-state index in [9.17, 15) is 14.0 Å². The summed E-state index contributed by atoms with van der Waals surface area (Å²) in [5.41, 5.74) is -0.308. The van der Waals surface area contributed by atoms with Crippen molar-refractivity contribution in [1.29, 1.82) is 0 Å². The number of halogens is 1. The first-order valence-electron chi connectivity index (χ1n) is 11.2. The van der Waals surface area contributed by atoms with E-state index >= 15 is 0 Å². The summed E-state index contributed by atoms with van der Waals surface area (Å²) in [4.78, 5) is 26.2. The highest BCUT2D eigenvalue weighted by atomic mass is 19.1. The molecule has 5 heteroatoms. The maximum absolute atomic E-state index is 14.2. The molecule has 0 unspecified atom stereocenters. The van der Waals surface area contributed by atoms with Gasteiger partial charge in [-0.05, 0) is 13.3 Å². The number of hydrogen-bond donors (Lipinski definition) is 1. The van der Waals surface area contributed by atoms with E-state index in [1.807, 2.05) is 0 Å². The molecular formula is C23H38FNO3. The number of hydrogen-bond acceptors (Lipinski definition) is 3. The average molecular weight is 396 g/mol. The van der Waals surface area contributed by atoms with E-state index in [2.05, 4.69) is 11.9 Å². The van der Waals surface area contributed by atoms with Crippen molar-refractivity contribution in [2.75, 3.05) is 6.61 Å². The van der Waals surface area contributed by atoms with E-state index in [4.69, 9.17) is 4.74 Å². The Kier molecular flexibility index (Phi) is 13.3. The predicted octanol–water partition coefficient (Wildman–Crippen LogP) is 6.99. The molecule has 0 aliphatic heterocycles. The first kappa shape index (κ1) is 24.4. The van der Waals surface area contributed by atoms with Gasteiger partial charge in [-0.2, -0.15) is 0 Å². The lowest BCUT2D eigenvalue weighted by Gasteiger charge is -2.03. The minimum absolute atomic E-state index is 0.0398. The molecule has 0 bridgehead atoms. The Hall–Kier alpha value is -1.65. The number of aromatic amines is 1. The zero-order valence-electron chi connectivity index (χ0n) is 17.8. The van der Waals surface area contributed by atoms with E-state index in [0.717, 1.165) is 19.3 Å². The summed E-state index contributed by atoms with van der Waals surface area (Å²) in [6, 6.07) is 0. The summed E-state index contributed by atoms with van der Waals surface area (Å²) in [6.45, 7) is 4.06. The van der Waals surface area contributed by atoms with Crippen LogP contribution >= 0.6 is 0 Å². The second-order valence-electron chi connectivity index (χ2n) is 7.53. The van der Waals surface area contributed by atoms with Crippen LogP contribution in [0.4, 0.5) is 4.39 Å². The van der Waals surface area contributed by atoms with Crippen molar-refractivity contribution in [3.05, 3.63) is 23.3 Å². The van der Waals surface area contributed by atoms with E-state index in [0.29, 0.717) is 6.42 Å². The quantitative estimate of drug-likeness (QED) is 0.176. The highest BCUT2D eigenvalue weighted by Crippen LogP contribution is 2.18. The van der Waals surface area contributed by atoms with Gasteiger partial charge >= 0.3 is 5.97 Å². The molecule has 28 heavy (non-hydrogen) atoms. The fraction of sp³-hybridized carbons (Fsp3) is 0.739. The zero-order chi connectivity index (χ0) is 20.6. The van der Waals surface area contributed by atoms with Crippen molar-refractivity contribution in [3.8, 4) is 0 Å². The molecule has 0 fully saturated rings. The van der Waals surface area contributed by atoms with Gasteiger partial charge in [0.15, 0.2) is 17.3 Å². The molecule has 0 aliphatic carbocycles. The Morgan fingerprint density at radius 3 is 1.86 bits per heavy atom. The summed E-state index contributed by atoms with van der Waals surface area (Å²) >= 11 is 0. The number of carbonyl (C=O) groups is 2. The Morgan fingerprint density at radius 1 is 0.857 bits per heavy atom. The third-order valence-corrected chi connectivity index (χ3v) is 5.10. The summed E-state index contributed by atoms with van der Waals surface area (Å²) in [7, 11) is 0. The minimum Gasteiger partial charge on any atom is -0.461 e. The van der Waals surface area contributed by atoms with Crippen LogP contribution in [0.3, 0.4) is 0 Å². The van der Waals surface area contributed by atoms with Crippen LogP contribution in [0.5, 0.6) is 0 Å². The summed E-state index contributed by atoms with van der Waals surface area (Å²) < 4.78 is 18.9. The molecule has 160 valence electrons. The van der Waals surface area contributed by atoms with Crippen molar-refractivity contribution in [2.24, 2.45) is 0 Å². The molecule has 1 aromatic heterocycles. The highest BCUT2D eigenvalue weighted by Gasteiger charge is 2.22. The number of Topliss-reactive ketones (excluding diaryl/α,β-unsaturated/α-hetero) is 1. The van der Waals surface area contributed by atoms with Gasteiger partial charge in [0.05, 0.1) is 12.2 Å². The standard InChI is InChI=1S/C23H38FNO3/c1-3-5-6-7-8-9-10-11-12-13-14-15-16-17-20(26)19-18-25-22(21(19)24)23(27)28-4-2/h18,25H,3-17H2,1-2H3. The number of esters is 1. The van der Waals surface area contributed by atoms with Gasteiger partial charge in [-0.1, -0.05) is 84.0 Å². The second kappa shape index (κ2) is 15.3. The van der Waals surface area contributed by atoms with Gasteiger partial charge in [0.2, 0.25) is 0 Å².